The Morgan fingerprint density at radius 2 is 2.13 bits per heavy atom. The minimum absolute atomic E-state index is 0.201. The number of benzene rings is 1. The molecule has 1 aromatic carbocycles. The SMILES string of the molecule is N#C[C@H]1CCN(Cc2cnccn2)C[C@@H]1n1cc(C(N)=O)c(Nc2ccc(F)cc2)n1. The summed E-state index contributed by atoms with van der Waals surface area (Å²) in [6, 6.07) is 7.79. The van der Waals surface area contributed by atoms with E-state index in [9.17, 15) is 14.4 Å². The first kappa shape index (κ1) is 20.4. The zero-order chi connectivity index (χ0) is 21.8. The molecule has 0 saturated carbocycles. The van der Waals surface area contributed by atoms with Gasteiger partial charge in [-0.1, -0.05) is 0 Å². The van der Waals surface area contributed by atoms with Crippen molar-refractivity contribution < 1.29 is 9.18 Å². The number of likely N-dealkylation sites (tertiary alicyclic amines) is 1. The molecule has 1 saturated heterocycles. The van der Waals surface area contributed by atoms with Gasteiger partial charge in [-0.25, -0.2) is 4.39 Å². The summed E-state index contributed by atoms with van der Waals surface area (Å²) in [5.41, 5.74) is 7.16. The van der Waals surface area contributed by atoms with E-state index in [0.717, 1.165) is 12.2 Å². The largest absolute Gasteiger partial charge is 0.365 e. The number of nitriles is 1. The van der Waals surface area contributed by atoms with Gasteiger partial charge >= 0.3 is 0 Å². The maximum Gasteiger partial charge on any atom is 0.254 e. The van der Waals surface area contributed by atoms with Crippen LogP contribution in [0.3, 0.4) is 0 Å². The molecule has 1 fully saturated rings. The predicted molar refractivity (Wildman–Crippen MR) is 110 cm³/mol. The third-order valence-corrected chi connectivity index (χ3v) is 5.28. The van der Waals surface area contributed by atoms with Gasteiger partial charge in [0.25, 0.3) is 5.91 Å². The Bertz CT molecular complexity index is 1090. The van der Waals surface area contributed by atoms with E-state index in [-0.39, 0.29) is 29.2 Å². The third-order valence-electron chi connectivity index (χ3n) is 5.28. The number of hydrogen-bond acceptors (Lipinski definition) is 7. The van der Waals surface area contributed by atoms with Crippen molar-refractivity contribution in [2.24, 2.45) is 11.7 Å². The van der Waals surface area contributed by atoms with Crippen LogP contribution < -0.4 is 11.1 Å². The van der Waals surface area contributed by atoms with Crippen molar-refractivity contribution in [2.45, 2.75) is 19.0 Å². The highest BCUT2D eigenvalue weighted by Crippen LogP contribution is 2.30. The molecule has 1 aliphatic rings. The maximum absolute atomic E-state index is 13.2. The average Bonchev–Trinajstić information content (AvgIpc) is 3.20. The fourth-order valence-electron chi connectivity index (χ4n) is 3.70. The monoisotopic (exact) mass is 420 g/mol. The fraction of sp³-hybridized carbons (Fsp3) is 0.286. The molecule has 3 N–H and O–H groups in total. The van der Waals surface area contributed by atoms with E-state index in [1.807, 2.05) is 0 Å². The first-order chi connectivity index (χ1) is 15.0. The molecule has 1 aliphatic heterocycles. The van der Waals surface area contributed by atoms with Crippen LogP contribution in [0.25, 0.3) is 0 Å². The molecule has 3 aromatic rings. The Hall–Kier alpha value is -3.84. The van der Waals surface area contributed by atoms with E-state index in [4.69, 9.17) is 5.73 Å². The zero-order valence-corrected chi connectivity index (χ0v) is 16.6. The van der Waals surface area contributed by atoms with Gasteiger partial charge in [0.05, 0.1) is 23.7 Å². The Kier molecular flexibility index (Phi) is 5.86. The van der Waals surface area contributed by atoms with Crippen molar-refractivity contribution in [3.05, 3.63) is 66.1 Å². The highest BCUT2D eigenvalue weighted by atomic mass is 19.1. The summed E-state index contributed by atoms with van der Waals surface area (Å²) in [7, 11) is 0. The minimum atomic E-state index is -0.642. The molecule has 158 valence electrons. The van der Waals surface area contributed by atoms with Crippen LogP contribution >= 0.6 is 0 Å². The van der Waals surface area contributed by atoms with Crippen LogP contribution in [0, 0.1) is 23.1 Å². The number of nitrogens with two attached hydrogens (primary N) is 1. The summed E-state index contributed by atoms with van der Waals surface area (Å²) in [4.78, 5) is 22.6. The van der Waals surface area contributed by atoms with Gasteiger partial charge in [-0.3, -0.25) is 24.3 Å². The molecule has 2 aromatic heterocycles. The van der Waals surface area contributed by atoms with E-state index in [0.29, 0.717) is 25.2 Å². The molecule has 0 spiro atoms. The second-order valence-corrected chi connectivity index (χ2v) is 7.39. The lowest BCUT2D eigenvalue weighted by atomic mass is 9.93. The van der Waals surface area contributed by atoms with Crippen molar-refractivity contribution >= 4 is 17.4 Å². The van der Waals surface area contributed by atoms with Crippen LogP contribution in [0.15, 0.2) is 49.1 Å². The molecule has 9 nitrogen and oxygen atoms in total. The number of aromatic nitrogens is 4. The number of piperidine rings is 1. The van der Waals surface area contributed by atoms with Crippen LogP contribution in [-0.2, 0) is 6.54 Å². The van der Waals surface area contributed by atoms with Gasteiger partial charge in [0.15, 0.2) is 5.82 Å². The Morgan fingerprint density at radius 3 is 2.81 bits per heavy atom. The van der Waals surface area contributed by atoms with E-state index in [1.165, 1.54) is 12.1 Å². The number of halogens is 1. The summed E-state index contributed by atoms with van der Waals surface area (Å²) >= 11 is 0. The molecule has 0 unspecified atom stereocenters. The number of anilines is 2. The fourth-order valence-corrected chi connectivity index (χ4v) is 3.70. The van der Waals surface area contributed by atoms with Crippen LogP contribution in [-0.4, -0.2) is 43.6 Å². The minimum Gasteiger partial charge on any atom is -0.365 e. The zero-order valence-electron chi connectivity index (χ0n) is 16.6. The van der Waals surface area contributed by atoms with Crippen molar-refractivity contribution in [1.29, 1.82) is 5.26 Å². The second kappa shape index (κ2) is 8.89. The lowest BCUT2D eigenvalue weighted by Gasteiger charge is -2.35. The van der Waals surface area contributed by atoms with E-state index in [1.54, 1.807) is 41.6 Å². The summed E-state index contributed by atoms with van der Waals surface area (Å²) < 4.78 is 14.8. The van der Waals surface area contributed by atoms with Crippen molar-refractivity contribution in [2.75, 3.05) is 18.4 Å². The summed E-state index contributed by atoms with van der Waals surface area (Å²) in [6.45, 7) is 1.91. The molecular weight excluding hydrogens is 399 g/mol. The van der Waals surface area contributed by atoms with Gasteiger partial charge in [-0.2, -0.15) is 10.4 Å². The first-order valence-electron chi connectivity index (χ1n) is 9.82. The molecule has 3 heterocycles. The molecule has 10 heteroatoms. The van der Waals surface area contributed by atoms with Gasteiger partial charge in [-0.05, 0) is 37.2 Å². The number of carbonyl (C=O) groups is 1. The van der Waals surface area contributed by atoms with Crippen LogP contribution in [0.4, 0.5) is 15.9 Å². The standard InChI is InChI=1S/C21H21FN8O/c22-15-1-3-16(4-2-15)27-21-18(20(24)31)12-30(28-21)19-13-29(8-5-14(19)9-23)11-17-10-25-6-7-26-17/h1-4,6-7,10,12,14,19H,5,8,11,13H2,(H2,24,31)(H,27,28)/t14-,19+/m1/s1. The number of nitrogens with zero attached hydrogens (tertiary/aromatic N) is 6. The highest BCUT2D eigenvalue weighted by molar-refractivity contribution is 5.98. The number of hydrogen-bond donors (Lipinski definition) is 2. The molecule has 0 radical (unpaired) electrons. The van der Waals surface area contributed by atoms with Gasteiger partial charge in [0.2, 0.25) is 0 Å². The molecule has 2 atom stereocenters. The van der Waals surface area contributed by atoms with Crippen LogP contribution in [0.5, 0.6) is 0 Å². The molecule has 4 rings (SSSR count). The lowest BCUT2D eigenvalue weighted by Crippen LogP contribution is -2.41. The molecular formula is C21H21FN8O. The molecule has 0 bridgehead atoms. The smallest absolute Gasteiger partial charge is 0.254 e. The Balaban J connectivity index is 1.59. The second-order valence-electron chi connectivity index (χ2n) is 7.39. The lowest BCUT2D eigenvalue weighted by molar-refractivity contribution is 0.1000. The molecule has 0 aliphatic carbocycles. The number of nitrogens with one attached hydrogen (secondary N) is 1. The Labute approximate surface area is 178 Å². The topological polar surface area (TPSA) is 126 Å². The van der Waals surface area contributed by atoms with Gasteiger partial charge in [0.1, 0.15) is 11.4 Å². The average molecular weight is 420 g/mol. The normalized spacial score (nSPS) is 19.0. The number of carbonyl (C=O) groups excluding carboxylic acids is 1. The van der Waals surface area contributed by atoms with Crippen molar-refractivity contribution in [1.82, 2.24) is 24.6 Å². The highest BCUT2D eigenvalue weighted by Gasteiger charge is 2.32. The van der Waals surface area contributed by atoms with Crippen LogP contribution in [0.1, 0.15) is 28.5 Å². The van der Waals surface area contributed by atoms with E-state index < -0.39 is 5.91 Å². The van der Waals surface area contributed by atoms with E-state index >= 15 is 0 Å². The maximum atomic E-state index is 13.2. The predicted octanol–water partition coefficient (Wildman–Crippen LogP) is 2.24. The summed E-state index contributed by atoms with van der Waals surface area (Å²) in [5, 5.41) is 17.2. The third kappa shape index (κ3) is 4.67. The van der Waals surface area contributed by atoms with Crippen molar-refractivity contribution in [3.63, 3.8) is 0 Å². The van der Waals surface area contributed by atoms with Gasteiger partial charge < -0.3 is 11.1 Å². The number of primary amides is 1. The van der Waals surface area contributed by atoms with E-state index in [2.05, 4.69) is 31.4 Å². The first-order valence-corrected chi connectivity index (χ1v) is 9.82. The number of amides is 1. The Morgan fingerprint density at radius 1 is 1.32 bits per heavy atom. The summed E-state index contributed by atoms with van der Waals surface area (Å²) in [6.07, 6.45) is 7.21. The summed E-state index contributed by atoms with van der Waals surface area (Å²) in [5.74, 6) is -1.01. The van der Waals surface area contributed by atoms with Crippen LogP contribution in [0.2, 0.25) is 0 Å². The molecule has 31 heavy (non-hydrogen) atoms. The van der Waals surface area contributed by atoms with Crippen molar-refractivity contribution in [3.8, 4) is 6.07 Å². The number of rotatable bonds is 6. The van der Waals surface area contributed by atoms with Gasteiger partial charge in [-0.15, -0.1) is 0 Å². The quantitative estimate of drug-likeness (QED) is 0.626. The van der Waals surface area contributed by atoms with Gasteiger partial charge in [0, 0.05) is 43.6 Å². The molecule has 1 amide bonds.